The minimum Gasteiger partial charge on any atom is -0.368 e. The maximum atomic E-state index is 11.9. The summed E-state index contributed by atoms with van der Waals surface area (Å²) in [6, 6.07) is -0.100. The van der Waals surface area contributed by atoms with Crippen LogP contribution in [0.4, 0.5) is 4.79 Å². The van der Waals surface area contributed by atoms with E-state index in [4.69, 9.17) is 5.73 Å². The summed E-state index contributed by atoms with van der Waals surface area (Å²) in [5.74, 6) is 0.471. The number of carbonyl (C=O) groups excluding carboxylic acids is 2. The fraction of sp³-hybridized carbons (Fsp3) is 0.867. The molecule has 3 N–H and O–H groups in total. The van der Waals surface area contributed by atoms with Gasteiger partial charge in [0.1, 0.15) is 0 Å². The molecule has 2 aliphatic rings. The second-order valence-electron chi connectivity index (χ2n) is 6.36. The molecule has 0 bridgehead atoms. The Kier molecular flexibility index (Phi) is 5.85. The van der Waals surface area contributed by atoms with Gasteiger partial charge in [-0.25, -0.2) is 4.79 Å². The van der Waals surface area contributed by atoms with E-state index >= 15 is 0 Å². The lowest BCUT2D eigenvalue weighted by Crippen LogP contribution is -2.43. The summed E-state index contributed by atoms with van der Waals surface area (Å²) in [7, 11) is 1.86. The summed E-state index contributed by atoms with van der Waals surface area (Å²) >= 11 is 0. The van der Waals surface area contributed by atoms with Crippen LogP contribution in [0.3, 0.4) is 0 Å². The number of hydrogen-bond donors (Lipinski definition) is 2. The van der Waals surface area contributed by atoms with Crippen LogP contribution in [0.15, 0.2) is 0 Å². The average molecular weight is 296 g/mol. The van der Waals surface area contributed by atoms with E-state index in [1.54, 1.807) is 4.90 Å². The molecule has 3 amide bonds. The molecule has 2 fully saturated rings. The van der Waals surface area contributed by atoms with Gasteiger partial charge < -0.3 is 16.0 Å². The lowest BCUT2D eigenvalue weighted by atomic mass is 9.85. The van der Waals surface area contributed by atoms with Crippen LogP contribution in [0.25, 0.3) is 0 Å². The van der Waals surface area contributed by atoms with Crippen molar-refractivity contribution in [1.29, 1.82) is 0 Å². The lowest BCUT2D eigenvalue weighted by molar-refractivity contribution is -0.122. The standard InChI is InChI=1S/C15H28N4O2/c1-18(11-12-5-2-6-12)15(21)17-8-4-10-19-9-3-7-13(19)14(16)20/h12-13H,2-11H2,1H3,(H2,16,20)(H,17,21)/t13-/m0/s1. The predicted molar refractivity (Wildman–Crippen MR) is 81.8 cm³/mol. The van der Waals surface area contributed by atoms with Crippen molar-refractivity contribution >= 4 is 11.9 Å². The van der Waals surface area contributed by atoms with Crippen LogP contribution in [0.1, 0.15) is 38.5 Å². The first-order chi connectivity index (χ1) is 10.1. The number of nitrogens with one attached hydrogen (secondary N) is 1. The van der Waals surface area contributed by atoms with Crippen LogP contribution in [0.5, 0.6) is 0 Å². The molecule has 6 heteroatoms. The van der Waals surface area contributed by atoms with Gasteiger partial charge in [0.15, 0.2) is 0 Å². The monoisotopic (exact) mass is 296 g/mol. The highest BCUT2D eigenvalue weighted by Gasteiger charge is 2.28. The Morgan fingerprint density at radius 2 is 2.05 bits per heavy atom. The Bertz CT molecular complexity index is 371. The number of nitrogens with two attached hydrogens (primary N) is 1. The zero-order valence-electron chi connectivity index (χ0n) is 13.0. The third-order valence-corrected chi connectivity index (χ3v) is 4.69. The van der Waals surface area contributed by atoms with Gasteiger partial charge in [-0.3, -0.25) is 9.69 Å². The van der Waals surface area contributed by atoms with Crippen molar-refractivity contribution in [3.63, 3.8) is 0 Å². The average Bonchev–Trinajstić information content (AvgIpc) is 2.87. The molecule has 1 saturated carbocycles. The molecule has 1 heterocycles. The van der Waals surface area contributed by atoms with E-state index in [1.807, 2.05) is 7.05 Å². The molecule has 120 valence electrons. The molecule has 0 aromatic carbocycles. The van der Waals surface area contributed by atoms with Crippen molar-refractivity contribution in [3.8, 4) is 0 Å². The summed E-state index contributed by atoms with van der Waals surface area (Å²) in [4.78, 5) is 27.1. The van der Waals surface area contributed by atoms with E-state index in [9.17, 15) is 9.59 Å². The molecule has 21 heavy (non-hydrogen) atoms. The Balaban J connectivity index is 1.58. The molecule has 0 aromatic rings. The number of hydrogen-bond acceptors (Lipinski definition) is 3. The van der Waals surface area contributed by atoms with Gasteiger partial charge in [0.25, 0.3) is 0 Å². The number of carbonyl (C=O) groups is 2. The quantitative estimate of drug-likeness (QED) is 0.681. The van der Waals surface area contributed by atoms with Crippen LogP contribution in [0.2, 0.25) is 0 Å². The highest BCUT2D eigenvalue weighted by Crippen LogP contribution is 2.26. The normalized spacial score (nSPS) is 22.8. The van der Waals surface area contributed by atoms with Crippen LogP contribution in [-0.2, 0) is 4.79 Å². The summed E-state index contributed by atoms with van der Waals surface area (Å²) in [6.07, 6.45) is 6.56. The van der Waals surface area contributed by atoms with Gasteiger partial charge in [0.05, 0.1) is 6.04 Å². The van der Waals surface area contributed by atoms with Crippen molar-refractivity contribution in [2.45, 2.75) is 44.6 Å². The van der Waals surface area contributed by atoms with Crippen LogP contribution in [0, 0.1) is 5.92 Å². The second-order valence-corrected chi connectivity index (χ2v) is 6.36. The van der Waals surface area contributed by atoms with Gasteiger partial charge in [-0.05, 0) is 44.6 Å². The Morgan fingerprint density at radius 3 is 2.67 bits per heavy atom. The molecule has 0 spiro atoms. The number of nitrogens with zero attached hydrogens (tertiary/aromatic N) is 2. The van der Waals surface area contributed by atoms with Crippen molar-refractivity contribution in [3.05, 3.63) is 0 Å². The summed E-state index contributed by atoms with van der Waals surface area (Å²) in [5, 5.41) is 2.95. The molecular formula is C15H28N4O2. The largest absolute Gasteiger partial charge is 0.368 e. The molecule has 0 aromatic heterocycles. The molecule has 1 saturated heterocycles. The second kappa shape index (κ2) is 7.64. The van der Waals surface area contributed by atoms with Crippen LogP contribution < -0.4 is 11.1 Å². The highest BCUT2D eigenvalue weighted by molar-refractivity contribution is 5.80. The first kappa shape index (κ1) is 16.1. The molecule has 0 radical (unpaired) electrons. The lowest BCUT2D eigenvalue weighted by Gasteiger charge is -2.30. The fourth-order valence-electron chi connectivity index (χ4n) is 3.17. The van der Waals surface area contributed by atoms with Gasteiger partial charge in [-0.2, -0.15) is 0 Å². The molecule has 0 unspecified atom stereocenters. The molecule has 1 aliphatic carbocycles. The smallest absolute Gasteiger partial charge is 0.317 e. The van der Waals surface area contributed by atoms with E-state index in [0.717, 1.165) is 38.9 Å². The van der Waals surface area contributed by atoms with Crippen molar-refractivity contribution < 1.29 is 9.59 Å². The number of likely N-dealkylation sites (tertiary alicyclic amines) is 1. The van der Waals surface area contributed by atoms with E-state index in [-0.39, 0.29) is 18.0 Å². The number of rotatable bonds is 7. The third-order valence-electron chi connectivity index (χ3n) is 4.69. The topological polar surface area (TPSA) is 78.7 Å². The van der Waals surface area contributed by atoms with Crippen molar-refractivity contribution in [1.82, 2.24) is 15.1 Å². The Labute approximate surface area is 127 Å². The minimum atomic E-state index is -0.225. The molecule has 6 nitrogen and oxygen atoms in total. The van der Waals surface area contributed by atoms with Crippen LogP contribution >= 0.6 is 0 Å². The molecule has 1 atom stereocenters. The molecule has 1 aliphatic heterocycles. The summed E-state index contributed by atoms with van der Waals surface area (Å²) < 4.78 is 0. The SMILES string of the molecule is CN(CC1CCC1)C(=O)NCCCN1CCC[C@H]1C(N)=O. The minimum absolute atomic E-state index is 0.00905. The predicted octanol–water partition coefficient (Wildman–Crippen LogP) is 0.768. The van der Waals surface area contributed by atoms with Gasteiger partial charge in [0, 0.05) is 26.7 Å². The summed E-state index contributed by atoms with van der Waals surface area (Å²) in [5.41, 5.74) is 5.39. The van der Waals surface area contributed by atoms with Gasteiger partial charge >= 0.3 is 6.03 Å². The number of urea groups is 1. The van der Waals surface area contributed by atoms with Gasteiger partial charge in [-0.15, -0.1) is 0 Å². The van der Waals surface area contributed by atoms with Gasteiger partial charge in [0.2, 0.25) is 5.91 Å². The Hall–Kier alpha value is -1.30. The first-order valence-corrected chi connectivity index (χ1v) is 8.10. The molecule has 2 rings (SSSR count). The maximum absolute atomic E-state index is 11.9. The van der Waals surface area contributed by atoms with Crippen molar-refractivity contribution in [2.75, 3.05) is 33.2 Å². The van der Waals surface area contributed by atoms with E-state index in [1.165, 1.54) is 19.3 Å². The van der Waals surface area contributed by atoms with E-state index in [0.29, 0.717) is 12.5 Å². The summed E-state index contributed by atoms with van der Waals surface area (Å²) in [6.45, 7) is 3.26. The number of amides is 3. The first-order valence-electron chi connectivity index (χ1n) is 8.10. The zero-order valence-corrected chi connectivity index (χ0v) is 13.0. The number of primary amides is 1. The van der Waals surface area contributed by atoms with Crippen molar-refractivity contribution in [2.24, 2.45) is 11.7 Å². The van der Waals surface area contributed by atoms with Crippen LogP contribution in [-0.4, -0.2) is 61.0 Å². The third kappa shape index (κ3) is 4.59. The zero-order chi connectivity index (χ0) is 15.2. The maximum Gasteiger partial charge on any atom is 0.317 e. The Morgan fingerprint density at radius 1 is 1.29 bits per heavy atom. The highest BCUT2D eigenvalue weighted by atomic mass is 16.2. The molecular weight excluding hydrogens is 268 g/mol. The van der Waals surface area contributed by atoms with Gasteiger partial charge in [-0.1, -0.05) is 6.42 Å². The van der Waals surface area contributed by atoms with E-state index < -0.39 is 0 Å². The van der Waals surface area contributed by atoms with E-state index in [2.05, 4.69) is 10.2 Å². The fourth-order valence-corrected chi connectivity index (χ4v) is 3.17.